The van der Waals surface area contributed by atoms with Crippen LogP contribution in [0.3, 0.4) is 0 Å². The molecule has 1 aromatic rings. The van der Waals surface area contributed by atoms with Crippen LogP contribution in [-0.4, -0.2) is 33.3 Å². The van der Waals surface area contributed by atoms with Crippen LogP contribution < -0.4 is 5.32 Å². The van der Waals surface area contributed by atoms with Crippen LogP contribution in [-0.2, 0) is 16.1 Å². The van der Waals surface area contributed by atoms with Gasteiger partial charge < -0.3 is 10.2 Å². The SMILES string of the molecule is Cc1nc(CN2C(=O)C(C)(C)NC(=O)CC2C)cs1. The largest absolute Gasteiger partial charge is 0.342 e. The number of hydrogen-bond donors (Lipinski definition) is 1. The van der Waals surface area contributed by atoms with Crippen LogP contribution in [0.1, 0.15) is 37.9 Å². The topological polar surface area (TPSA) is 62.3 Å². The van der Waals surface area contributed by atoms with E-state index < -0.39 is 5.54 Å². The first-order chi connectivity index (χ1) is 8.79. The molecule has 0 spiro atoms. The summed E-state index contributed by atoms with van der Waals surface area (Å²) in [6.45, 7) is 7.78. The molecule has 1 aliphatic heterocycles. The van der Waals surface area contributed by atoms with Crippen LogP contribution in [0.15, 0.2) is 5.38 Å². The lowest BCUT2D eigenvalue weighted by atomic mass is 10.0. The molecule has 0 aromatic carbocycles. The summed E-state index contributed by atoms with van der Waals surface area (Å²) < 4.78 is 0. The fourth-order valence-electron chi connectivity index (χ4n) is 2.27. The molecular formula is C13H19N3O2S. The molecule has 1 aromatic heterocycles. The molecule has 104 valence electrons. The van der Waals surface area contributed by atoms with Crippen LogP contribution in [0, 0.1) is 6.92 Å². The Morgan fingerprint density at radius 3 is 2.79 bits per heavy atom. The first kappa shape index (κ1) is 14.0. The summed E-state index contributed by atoms with van der Waals surface area (Å²) in [7, 11) is 0. The van der Waals surface area contributed by atoms with Crippen molar-refractivity contribution in [1.29, 1.82) is 0 Å². The lowest BCUT2D eigenvalue weighted by Crippen LogP contribution is -2.53. The minimum absolute atomic E-state index is 0.0588. The molecule has 1 N–H and O–H groups in total. The first-order valence-electron chi connectivity index (χ1n) is 6.32. The molecule has 5 nitrogen and oxygen atoms in total. The third kappa shape index (κ3) is 2.94. The second kappa shape index (κ2) is 4.92. The minimum Gasteiger partial charge on any atom is -0.342 e. The van der Waals surface area contributed by atoms with Gasteiger partial charge in [0.1, 0.15) is 5.54 Å². The molecule has 0 aliphatic carbocycles. The van der Waals surface area contributed by atoms with E-state index in [0.29, 0.717) is 13.0 Å². The number of aryl methyl sites for hydroxylation is 1. The molecule has 2 amide bonds. The number of aromatic nitrogens is 1. The number of thiazole rings is 1. The average molecular weight is 281 g/mol. The molecule has 0 bridgehead atoms. The summed E-state index contributed by atoms with van der Waals surface area (Å²) in [4.78, 5) is 30.4. The van der Waals surface area contributed by atoms with E-state index in [1.54, 1.807) is 30.1 Å². The second-order valence-electron chi connectivity index (χ2n) is 5.52. The summed E-state index contributed by atoms with van der Waals surface area (Å²) in [6.07, 6.45) is 0.332. The van der Waals surface area contributed by atoms with Crippen molar-refractivity contribution in [2.75, 3.05) is 0 Å². The zero-order chi connectivity index (χ0) is 14.2. The molecule has 0 saturated carbocycles. The quantitative estimate of drug-likeness (QED) is 0.893. The van der Waals surface area contributed by atoms with E-state index >= 15 is 0 Å². The molecule has 1 aliphatic rings. The van der Waals surface area contributed by atoms with Crippen LogP contribution in [0.25, 0.3) is 0 Å². The summed E-state index contributed by atoms with van der Waals surface area (Å²) in [5.74, 6) is -0.140. The highest BCUT2D eigenvalue weighted by atomic mass is 32.1. The Labute approximate surface area is 117 Å². The van der Waals surface area contributed by atoms with Crippen molar-refractivity contribution in [2.24, 2.45) is 0 Å². The van der Waals surface area contributed by atoms with Gasteiger partial charge in [-0.25, -0.2) is 4.98 Å². The van der Waals surface area contributed by atoms with Crippen LogP contribution in [0.2, 0.25) is 0 Å². The zero-order valence-corrected chi connectivity index (χ0v) is 12.5. The number of rotatable bonds is 2. The second-order valence-corrected chi connectivity index (χ2v) is 6.58. The van der Waals surface area contributed by atoms with Crippen molar-refractivity contribution in [3.63, 3.8) is 0 Å². The molecule has 2 heterocycles. The normalized spacial score (nSPS) is 23.2. The fraction of sp³-hybridized carbons (Fsp3) is 0.615. The fourth-order valence-corrected chi connectivity index (χ4v) is 2.88. The maximum absolute atomic E-state index is 12.5. The van der Waals surface area contributed by atoms with Gasteiger partial charge in [-0.2, -0.15) is 0 Å². The highest BCUT2D eigenvalue weighted by molar-refractivity contribution is 7.09. The number of hydrogen-bond acceptors (Lipinski definition) is 4. The number of amides is 2. The van der Waals surface area contributed by atoms with E-state index in [1.807, 2.05) is 19.2 Å². The Kier molecular flexibility index (Phi) is 3.62. The molecule has 1 fully saturated rings. The van der Waals surface area contributed by atoms with Gasteiger partial charge in [0.15, 0.2) is 0 Å². The van der Waals surface area contributed by atoms with Crippen LogP contribution in [0.4, 0.5) is 0 Å². The summed E-state index contributed by atoms with van der Waals surface area (Å²) in [5.41, 5.74) is 0.0280. The number of nitrogens with zero attached hydrogens (tertiary/aromatic N) is 2. The standard InChI is InChI=1S/C13H19N3O2S/c1-8-5-11(17)15-13(3,4)12(18)16(8)6-10-7-19-9(2)14-10/h7-8H,5-6H2,1-4H3,(H,15,17). The maximum Gasteiger partial charge on any atom is 0.248 e. The molecule has 1 unspecified atom stereocenters. The highest BCUT2D eigenvalue weighted by Gasteiger charge is 2.39. The third-order valence-electron chi connectivity index (χ3n) is 3.26. The molecule has 0 radical (unpaired) electrons. The van der Waals surface area contributed by atoms with Gasteiger partial charge in [-0.15, -0.1) is 11.3 Å². The monoisotopic (exact) mass is 281 g/mol. The highest BCUT2D eigenvalue weighted by Crippen LogP contribution is 2.21. The van der Waals surface area contributed by atoms with Gasteiger partial charge >= 0.3 is 0 Å². The predicted octanol–water partition coefficient (Wildman–Crippen LogP) is 1.47. The van der Waals surface area contributed by atoms with Gasteiger partial charge in [-0.1, -0.05) is 0 Å². The van der Waals surface area contributed by atoms with Gasteiger partial charge in [0.25, 0.3) is 0 Å². The van der Waals surface area contributed by atoms with Crippen molar-refractivity contribution in [3.8, 4) is 0 Å². The predicted molar refractivity (Wildman–Crippen MR) is 73.7 cm³/mol. The molecule has 1 atom stereocenters. The van der Waals surface area contributed by atoms with E-state index in [2.05, 4.69) is 10.3 Å². The Hall–Kier alpha value is -1.43. The Morgan fingerprint density at radius 1 is 1.53 bits per heavy atom. The van der Waals surface area contributed by atoms with E-state index in [-0.39, 0.29) is 17.9 Å². The maximum atomic E-state index is 12.5. The van der Waals surface area contributed by atoms with E-state index in [1.165, 1.54) is 0 Å². The van der Waals surface area contributed by atoms with E-state index in [4.69, 9.17) is 0 Å². The number of nitrogens with one attached hydrogen (secondary N) is 1. The average Bonchev–Trinajstić information content (AvgIpc) is 2.66. The molecule has 19 heavy (non-hydrogen) atoms. The van der Waals surface area contributed by atoms with Crippen molar-refractivity contribution in [1.82, 2.24) is 15.2 Å². The number of carbonyl (C=O) groups is 2. The summed E-state index contributed by atoms with van der Waals surface area (Å²) in [6, 6.07) is -0.115. The van der Waals surface area contributed by atoms with E-state index in [9.17, 15) is 9.59 Å². The van der Waals surface area contributed by atoms with Crippen molar-refractivity contribution in [3.05, 3.63) is 16.1 Å². The van der Waals surface area contributed by atoms with Gasteiger partial charge in [0, 0.05) is 17.8 Å². The van der Waals surface area contributed by atoms with Gasteiger partial charge in [0.2, 0.25) is 11.8 Å². The number of carbonyl (C=O) groups excluding carboxylic acids is 2. The third-order valence-corrected chi connectivity index (χ3v) is 4.08. The molecular weight excluding hydrogens is 262 g/mol. The summed E-state index contributed by atoms with van der Waals surface area (Å²) in [5, 5.41) is 5.72. The lowest BCUT2D eigenvalue weighted by molar-refractivity contribution is -0.139. The van der Waals surface area contributed by atoms with Gasteiger partial charge in [0.05, 0.1) is 17.2 Å². The van der Waals surface area contributed by atoms with Gasteiger partial charge in [-0.3, -0.25) is 9.59 Å². The van der Waals surface area contributed by atoms with Crippen LogP contribution >= 0.6 is 11.3 Å². The zero-order valence-electron chi connectivity index (χ0n) is 11.7. The van der Waals surface area contributed by atoms with E-state index in [0.717, 1.165) is 10.7 Å². The van der Waals surface area contributed by atoms with Crippen molar-refractivity contribution >= 4 is 23.2 Å². The molecule has 1 saturated heterocycles. The molecule has 6 heteroatoms. The minimum atomic E-state index is -0.854. The van der Waals surface area contributed by atoms with Gasteiger partial charge in [-0.05, 0) is 27.7 Å². The van der Waals surface area contributed by atoms with Crippen LogP contribution in [0.5, 0.6) is 0 Å². The van der Waals surface area contributed by atoms with Crippen molar-refractivity contribution in [2.45, 2.75) is 52.2 Å². The smallest absolute Gasteiger partial charge is 0.248 e. The lowest BCUT2D eigenvalue weighted by Gasteiger charge is -2.31. The Bertz CT molecular complexity index is 510. The Morgan fingerprint density at radius 2 is 2.21 bits per heavy atom. The first-order valence-corrected chi connectivity index (χ1v) is 7.20. The Balaban J connectivity index is 2.25. The summed E-state index contributed by atoms with van der Waals surface area (Å²) >= 11 is 1.57. The van der Waals surface area contributed by atoms with Crippen molar-refractivity contribution < 1.29 is 9.59 Å². The molecule has 2 rings (SSSR count).